The Morgan fingerprint density at radius 1 is 0.889 bits per heavy atom. The highest BCUT2D eigenvalue weighted by atomic mass is 16.6. The number of nitrogens with zero attached hydrogens (tertiary/aromatic N) is 1. The van der Waals surface area contributed by atoms with E-state index in [0.717, 1.165) is 22.4 Å². The van der Waals surface area contributed by atoms with Gasteiger partial charge in [0.25, 0.3) is 0 Å². The van der Waals surface area contributed by atoms with E-state index in [-0.39, 0.29) is 31.4 Å². The molecule has 3 aromatic rings. The number of carbonyl (C=O) groups is 4. The van der Waals surface area contributed by atoms with Gasteiger partial charge >= 0.3 is 12.2 Å². The average Bonchev–Trinajstić information content (AvgIpc) is 3.12. The van der Waals surface area contributed by atoms with Gasteiger partial charge in [0.05, 0.1) is 6.54 Å². The van der Waals surface area contributed by atoms with Crippen LogP contribution in [0.5, 0.6) is 0 Å². The van der Waals surface area contributed by atoms with Gasteiger partial charge < -0.3 is 25.0 Å². The molecule has 0 spiro atoms. The molecule has 10 heteroatoms. The summed E-state index contributed by atoms with van der Waals surface area (Å²) in [5.41, 5.74) is 3.47. The summed E-state index contributed by atoms with van der Waals surface area (Å²) in [6.07, 6.45) is 1.43. The van der Waals surface area contributed by atoms with Crippen LogP contribution in [0.1, 0.15) is 63.1 Å². The molecule has 0 saturated heterocycles. The van der Waals surface area contributed by atoms with Gasteiger partial charge in [-0.3, -0.25) is 14.9 Å². The van der Waals surface area contributed by atoms with Crippen LogP contribution < -0.4 is 20.9 Å². The van der Waals surface area contributed by atoms with Gasteiger partial charge in [0.15, 0.2) is 0 Å². The molecule has 1 heterocycles. The molecule has 1 aliphatic rings. The molecule has 1 unspecified atom stereocenters. The van der Waals surface area contributed by atoms with Gasteiger partial charge in [0.1, 0.15) is 18.2 Å². The zero-order chi connectivity index (χ0) is 32.2. The van der Waals surface area contributed by atoms with Crippen LogP contribution in [0, 0.1) is 0 Å². The molecule has 0 radical (unpaired) electrons. The van der Waals surface area contributed by atoms with Crippen LogP contribution in [0.4, 0.5) is 21.0 Å². The predicted molar refractivity (Wildman–Crippen MR) is 173 cm³/mol. The molecule has 238 valence electrons. The molecule has 0 aromatic heterocycles. The van der Waals surface area contributed by atoms with Gasteiger partial charge in [0.2, 0.25) is 11.8 Å². The number of aryl methyl sites for hydroxylation is 1. The third kappa shape index (κ3) is 10.7. The minimum Gasteiger partial charge on any atom is -0.445 e. The minimum atomic E-state index is -0.681. The molecule has 3 aromatic carbocycles. The number of alkyl carbamates (subject to hydrolysis) is 1. The second-order valence-corrected chi connectivity index (χ2v) is 12.0. The van der Waals surface area contributed by atoms with E-state index < -0.39 is 23.8 Å². The van der Waals surface area contributed by atoms with E-state index in [0.29, 0.717) is 37.9 Å². The molecule has 1 aliphatic heterocycles. The van der Waals surface area contributed by atoms with Crippen LogP contribution in [0.15, 0.2) is 78.9 Å². The Kier molecular flexibility index (Phi) is 11.6. The fourth-order valence-corrected chi connectivity index (χ4v) is 5.01. The Hall–Kier alpha value is -4.86. The van der Waals surface area contributed by atoms with Crippen LogP contribution in [0.25, 0.3) is 0 Å². The van der Waals surface area contributed by atoms with Crippen LogP contribution >= 0.6 is 0 Å². The number of para-hydroxylation sites is 1. The number of anilines is 2. The van der Waals surface area contributed by atoms with Gasteiger partial charge in [0, 0.05) is 24.3 Å². The molecule has 45 heavy (non-hydrogen) atoms. The second-order valence-electron chi connectivity index (χ2n) is 12.0. The minimum absolute atomic E-state index is 0.193. The van der Waals surface area contributed by atoms with Crippen molar-refractivity contribution in [3.05, 3.63) is 95.6 Å². The summed E-state index contributed by atoms with van der Waals surface area (Å²) < 4.78 is 10.6. The van der Waals surface area contributed by atoms with Crippen molar-refractivity contribution < 1.29 is 28.7 Å². The molecule has 3 N–H and O–H groups in total. The lowest BCUT2D eigenvalue weighted by molar-refractivity contribution is -0.127. The van der Waals surface area contributed by atoms with Gasteiger partial charge in [-0.25, -0.2) is 9.59 Å². The standard InChI is InChI=1S/C35H42N4O6/c1-35(2,3)45-34(43)37-28-16-11-14-26(22-28)23-39-30-17-8-7-15-27(30)19-20-29(32(39)41)38-31(40)18-9-10-21-36-33(42)44-24-25-12-5-4-6-13-25/h4-8,11-17,22,29H,9-10,18-21,23-24H2,1-3H3,(H,36,42)(H,37,43)(H,38,40). The van der Waals surface area contributed by atoms with Crippen LogP contribution in [-0.2, 0) is 38.6 Å². The number of carbonyl (C=O) groups excluding carboxylic acids is 4. The fourth-order valence-electron chi connectivity index (χ4n) is 5.01. The summed E-state index contributed by atoms with van der Waals surface area (Å²) in [4.78, 5) is 52.6. The highest BCUT2D eigenvalue weighted by Gasteiger charge is 2.31. The zero-order valence-corrected chi connectivity index (χ0v) is 26.1. The lowest BCUT2D eigenvalue weighted by Crippen LogP contribution is -2.47. The summed E-state index contributed by atoms with van der Waals surface area (Å²) in [6.45, 7) is 6.23. The number of ether oxygens (including phenoxy) is 2. The lowest BCUT2D eigenvalue weighted by Gasteiger charge is -2.27. The van der Waals surface area contributed by atoms with E-state index in [1.165, 1.54) is 0 Å². The smallest absolute Gasteiger partial charge is 0.412 e. The van der Waals surface area contributed by atoms with Gasteiger partial charge in [-0.1, -0.05) is 60.7 Å². The Labute approximate surface area is 264 Å². The summed E-state index contributed by atoms with van der Waals surface area (Å²) in [5, 5.41) is 8.39. The number of rotatable bonds is 11. The van der Waals surface area contributed by atoms with Crippen molar-refractivity contribution in [3.8, 4) is 0 Å². The van der Waals surface area contributed by atoms with E-state index in [9.17, 15) is 19.2 Å². The van der Waals surface area contributed by atoms with Crippen LogP contribution in [0.2, 0.25) is 0 Å². The number of unbranched alkanes of at least 4 members (excludes halogenated alkanes) is 1. The Bertz CT molecular complexity index is 1470. The van der Waals surface area contributed by atoms with E-state index in [4.69, 9.17) is 9.47 Å². The number of fused-ring (bicyclic) bond motifs is 1. The van der Waals surface area contributed by atoms with E-state index in [2.05, 4.69) is 16.0 Å². The average molecular weight is 615 g/mol. The summed E-state index contributed by atoms with van der Waals surface area (Å²) in [6, 6.07) is 23.8. The fraction of sp³-hybridized carbons (Fsp3) is 0.371. The number of hydrogen-bond donors (Lipinski definition) is 3. The first-order valence-electron chi connectivity index (χ1n) is 15.3. The monoisotopic (exact) mass is 614 g/mol. The number of amides is 4. The Morgan fingerprint density at radius 2 is 1.62 bits per heavy atom. The number of benzene rings is 3. The third-order valence-corrected chi connectivity index (χ3v) is 7.11. The molecule has 0 fully saturated rings. The van der Waals surface area contributed by atoms with Gasteiger partial charge in [-0.2, -0.15) is 0 Å². The summed E-state index contributed by atoms with van der Waals surface area (Å²) >= 11 is 0. The van der Waals surface area contributed by atoms with Crippen molar-refractivity contribution in [3.63, 3.8) is 0 Å². The highest BCUT2D eigenvalue weighted by Crippen LogP contribution is 2.29. The quantitative estimate of drug-likeness (QED) is 0.224. The van der Waals surface area contributed by atoms with Crippen molar-refractivity contribution in [2.75, 3.05) is 16.8 Å². The first kappa shape index (κ1) is 33.0. The number of hydrogen-bond acceptors (Lipinski definition) is 6. The van der Waals surface area contributed by atoms with Gasteiger partial charge in [-0.05, 0) is 81.3 Å². The first-order valence-corrected chi connectivity index (χ1v) is 15.3. The van der Waals surface area contributed by atoms with Crippen molar-refractivity contribution in [1.82, 2.24) is 10.6 Å². The SMILES string of the molecule is CC(C)(C)OC(=O)Nc1cccc(CN2C(=O)C(NC(=O)CCCCNC(=O)OCc3ccccc3)CCc3ccccc32)c1. The van der Waals surface area contributed by atoms with Crippen molar-refractivity contribution in [2.24, 2.45) is 0 Å². The first-order chi connectivity index (χ1) is 21.6. The van der Waals surface area contributed by atoms with Crippen LogP contribution in [-0.4, -0.2) is 42.2 Å². The zero-order valence-electron chi connectivity index (χ0n) is 26.1. The van der Waals surface area contributed by atoms with Crippen molar-refractivity contribution in [2.45, 2.75) is 77.7 Å². The normalized spacial score (nSPS) is 14.5. The maximum atomic E-state index is 13.8. The Morgan fingerprint density at radius 3 is 2.40 bits per heavy atom. The third-order valence-electron chi connectivity index (χ3n) is 7.11. The van der Waals surface area contributed by atoms with Crippen molar-refractivity contribution >= 4 is 35.4 Å². The number of nitrogens with one attached hydrogen (secondary N) is 3. The molecular formula is C35H42N4O6. The topological polar surface area (TPSA) is 126 Å². The van der Waals surface area contributed by atoms with Gasteiger partial charge in [-0.15, -0.1) is 0 Å². The largest absolute Gasteiger partial charge is 0.445 e. The predicted octanol–water partition coefficient (Wildman–Crippen LogP) is 6.09. The molecule has 10 nitrogen and oxygen atoms in total. The molecule has 0 bridgehead atoms. The maximum Gasteiger partial charge on any atom is 0.412 e. The second kappa shape index (κ2) is 15.7. The maximum absolute atomic E-state index is 13.8. The molecule has 4 rings (SSSR count). The molecule has 0 saturated carbocycles. The van der Waals surface area contributed by atoms with E-state index in [1.54, 1.807) is 31.7 Å². The lowest BCUT2D eigenvalue weighted by atomic mass is 10.1. The summed E-state index contributed by atoms with van der Waals surface area (Å²) in [7, 11) is 0. The van der Waals surface area contributed by atoms with E-state index in [1.807, 2.05) is 72.8 Å². The molecule has 4 amide bonds. The van der Waals surface area contributed by atoms with E-state index >= 15 is 0 Å². The Balaban J connectivity index is 1.30. The van der Waals surface area contributed by atoms with Crippen LogP contribution in [0.3, 0.4) is 0 Å². The summed E-state index contributed by atoms with van der Waals surface area (Å²) in [5.74, 6) is -0.406. The highest BCUT2D eigenvalue weighted by molar-refractivity contribution is 6.00. The molecule has 0 aliphatic carbocycles. The molecule has 1 atom stereocenters. The molecular weight excluding hydrogens is 572 g/mol. The van der Waals surface area contributed by atoms with Crippen molar-refractivity contribution in [1.29, 1.82) is 0 Å².